The van der Waals surface area contributed by atoms with Gasteiger partial charge in [-0.25, -0.2) is 13.9 Å². The van der Waals surface area contributed by atoms with Gasteiger partial charge in [0.2, 0.25) is 5.88 Å². The lowest BCUT2D eigenvalue weighted by molar-refractivity contribution is 0.301. The molecule has 1 fully saturated rings. The summed E-state index contributed by atoms with van der Waals surface area (Å²) in [6.07, 6.45) is 5.57. The molecule has 4 rings (SSSR count). The van der Waals surface area contributed by atoms with Crippen molar-refractivity contribution >= 4 is 35.0 Å². The molecule has 0 spiro atoms. The fraction of sp³-hybridized carbons (Fsp3) is 0.250. The van der Waals surface area contributed by atoms with E-state index >= 15 is 0 Å². The first-order chi connectivity index (χ1) is 11.7. The third-order valence-electron chi connectivity index (χ3n) is 3.82. The number of ether oxygens (including phenoxy) is 2. The summed E-state index contributed by atoms with van der Waals surface area (Å²) in [6.45, 7) is 0. The van der Waals surface area contributed by atoms with E-state index in [0.717, 1.165) is 23.8 Å². The number of rotatable bonds is 5. The summed E-state index contributed by atoms with van der Waals surface area (Å²) >= 11 is 6.01. The van der Waals surface area contributed by atoms with Gasteiger partial charge in [-0.15, -0.1) is 3.89 Å². The zero-order chi connectivity index (χ0) is 16.7. The molecule has 0 saturated heterocycles. The molecule has 0 atom stereocenters. The molecule has 1 aliphatic rings. The smallest absolute Gasteiger partial charge is 0.224 e. The fourth-order valence-electron chi connectivity index (χ4n) is 2.60. The molecule has 124 valence electrons. The van der Waals surface area contributed by atoms with Gasteiger partial charge in [-0.1, -0.05) is 11.6 Å². The first-order valence-corrected chi connectivity index (χ1v) is 8.43. The van der Waals surface area contributed by atoms with Crippen LogP contribution in [0.5, 0.6) is 11.6 Å². The van der Waals surface area contributed by atoms with Crippen LogP contribution in [0.1, 0.15) is 12.8 Å². The SMILES string of the molecule is COc1nccc(OC2CC2)c1-c1cn(SF)c2nc(Cl)ccc12. The van der Waals surface area contributed by atoms with Crippen LogP contribution in [0.2, 0.25) is 5.15 Å². The molecule has 0 radical (unpaired) electrons. The molecule has 1 aliphatic carbocycles. The first-order valence-electron chi connectivity index (χ1n) is 7.38. The molecule has 0 unspecified atom stereocenters. The number of hydrogen-bond donors (Lipinski definition) is 0. The molecule has 8 heteroatoms. The van der Waals surface area contributed by atoms with Gasteiger partial charge in [-0.3, -0.25) is 0 Å². The second kappa shape index (κ2) is 6.14. The standard InChI is InChI=1S/C16H13ClFN3O2S/c1-22-16-14(12(6-7-19-16)23-9-2-3-9)11-8-21(24-18)15-10(11)4-5-13(17)20-15/h4-9H,2-3H2,1H3. The molecule has 3 aromatic heterocycles. The van der Waals surface area contributed by atoms with Crippen molar-refractivity contribution in [2.45, 2.75) is 18.9 Å². The molecule has 3 heterocycles. The van der Waals surface area contributed by atoms with Crippen molar-refractivity contribution in [2.75, 3.05) is 7.11 Å². The number of nitrogens with zero attached hydrogens (tertiary/aromatic N) is 3. The van der Waals surface area contributed by atoms with E-state index in [1.807, 2.05) is 0 Å². The van der Waals surface area contributed by atoms with Gasteiger partial charge in [-0.05, 0) is 31.0 Å². The van der Waals surface area contributed by atoms with Crippen LogP contribution in [0.25, 0.3) is 22.2 Å². The highest BCUT2D eigenvalue weighted by Crippen LogP contribution is 2.43. The summed E-state index contributed by atoms with van der Waals surface area (Å²) in [5, 5.41) is 1.05. The molecule has 0 amide bonds. The predicted octanol–water partition coefficient (Wildman–Crippen LogP) is 4.68. The Morgan fingerprint density at radius 1 is 1.33 bits per heavy atom. The van der Waals surface area contributed by atoms with Crippen LogP contribution in [-0.4, -0.2) is 27.2 Å². The number of hydrogen-bond acceptors (Lipinski definition) is 5. The van der Waals surface area contributed by atoms with Gasteiger partial charge in [0.1, 0.15) is 10.9 Å². The van der Waals surface area contributed by atoms with Crippen LogP contribution in [0.4, 0.5) is 3.89 Å². The zero-order valence-electron chi connectivity index (χ0n) is 12.7. The minimum absolute atomic E-state index is 0.0615. The van der Waals surface area contributed by atoms with Gasteiger partial charge in [-0.2, -0.15) is 0 Å². The average molecular weight is 366 g/mol. The Kier molecular flexibility index (Phi) is 3.97. The first kappa shape index (κ1) is 15.5. The Hall–Kier alpha value is -1.99. The number of aromatic nitrogens is 3. The van der Waals surface area contributed by atoms with Gasteiger partial charge in [0.05, 0.1) is 18.8 Å². The highest BCUT2D eigenvalue weighted by molar-refractivity contribution is 7.92. The molecule has 24 heavy (non-hydrogen) atoms. The van der Waals surface area contributed by atoms with E-state index in [0.29, 0.717) is 28.0 Å². The highest BCUT2D eigenvalue weighted by atomic mass is 35.5. The van der Waals surface area contributed by atoms with Crippen molar-refractivity contribution in [3.63, 3.8) is 0 Å². The fourth-order valence-corrected chi connectivity index (χ4v) is 3.09. The van der Waals surface area contributed by atoms with Crippen molar-refractivity contribution < 1.29 is 13.4 Å². The van der Waals surface area contributed by atoms with Crippen molar-refractivity contribution in [3.8, 4) is 22.8 Å². The van der Waals surface area contributed by atoms with E-state index in [2.05, 4.69) is 9.97 Å². The number of halogens is 2. The topological polar surface area (TPSA) is 49.2 Å². The van der Waals surface area contributed by atoms with Gasteiger partial charge >= 0.3 is 0 Å². The lowest BCUT2D eigenvalue weighted by Gasteiger charge is -2.13. The third kappa shape index (κ3) is 2.67. The van der Waals surface area contributed by atoms with Gasteiger partial charge in [0, 0.05) is 23.3 Å². The third-order valence-corrected chi connectivity index (χ3v) is 4.46. The second-order valence-corrected chi connectivity index (χ2v) is 6.37. The zero-order valence-corrected chi connectivity index (χ0v) is 14.3. The molecule has 1 saturated carbocycles. The molecular formula is C16H13ClFN3O2S. The number of fused-ring (bicyclic) bond motifs is 1. The quantitative estimate of drug-likeness (QED) is 0.614. The van der Waals surface area contributed by atoms with Gasteiger partial charge in [0.15, 0.2) is 18.0 Å². The lowest BCUT2D eigenvalue weighted by atomic mass is 10.1. The van der Waals surface area contributed by atoms with Crippen molar-refractivity contribution in [2.24, 2.45) is 0 Å². The minimum Gasteiger partial charge on any atom is -0.490 e. The molecular weight excluding hydrogens is 353 g/mol. The minimum atomic E-state index is 0.0615. The molecule has 0 aliphatic heterocycles. The van der Waals surface area contributed by atoms with Crippen LogP contribution in [0, 0.1) is 0 Å². The maximum atomic E-state index is 13.3. The van der Waals surface area contributed by atoms with E-state index in [4.69, 9.17) is 21.1 Å². The summed E-state index contributed by atoms with van der Waals surface area (Å²) in [7, 11) is 1.55. The van der Waals surface area contributed by atoms with Gasteiger partial charge in [0.25, 0.3) is 0 Å². The average Bonchev–Trinajstić information content (AvgIpc) is 3.34. The Bertz CT molecular complexity index is 914. The Labute approximate surface area is 147 Å². The van der Waals surface area contributed by atoms with Crippen LogP contribution < -0.4 is 9.47 Å². The maximum Gasteiger partial charge on any atom is 0.224 e. The normalized spacial score (nSPS) is 14.1. The molecule has 0 bridgehead atoms. The largest absolute Gasteiger partial charge is 0.490 e. The Balaban J connectivity index is 1.96. The second-order valence-electron chi connectivity index (χ2n) is 5.45. The summed E-state index contributed by atoms with van der Waals surface area (Å²) in [5.41, 5.74) is 1.86. The van der Waals surface area contributed by atoms with Crippen LogP contribution >= 0.6 is 23.9 Å². The highest BCUT2D eigenvalue weighted by Gasteiger charge is 2.27. The summed E-state index contributed by atoms with van der Waals surface area (Å²) < 4.78 is 26.1. The number of methoxy groups -OCH3 is 1. The summed E-state index contributed by atoms with van der Waals surface area (Å²) in [5.74, 6) is 1.09. The molecule has 0 aromatic carbocycles. The van der Waals surface area contributed by atoms with Crippen molar-refractivity contribution in [1.82, 2.24) is 13.9 Å². The van der Waals surface area contributed by atoms with E-state index in [-0.39, 0.29) is 18.4 Å². The monoisotopic (exact) mass is 365 g/mol. The van der Waals surface area contributed by atoms with Crippen molar-refractivity contribution in [1.29, 1.82) is 0 Å². The lowest BCUT2D eigenvalue weighted by Crippen LogP contribution is -2.00. The van der Waals surface area contributed by atoms with Crippen LogP contribution in [0.3, 0.4) is 0 Å². The Morgan fingerprint density at radius 3 is 2.88 bits per heavy atom. The van der Waals surface area contributed by atoms with Crippen LogP contribution in [-0.2, 0) is 0 Å². The molecule has 3 aromatic rings. The van der Waals surface area contributed by atoms with Gasteiger partial charge < -0.3 is 9.47 Å². The molecule has 0 N–H and O–H groups in total. The summed E-state index contributed by atoms with van der Waals surface area (Å²) in [6, 6.07) is 5.27. The van der Waals surface area contributed by atoms with E-state index in [9.17, 15) is 3.89 Å². The van der Waals surface area contributed by atoms with E-state index in [1.54, 1.807) is 37.7 Å². The van der Waals surface area contributed by atoms with Crippen LogP contribution in [0.15, 0.2) is 30.6 Å². The molecule has 5 nitrogen and oxygen atoms in total. The van der Waals surface area contributed by atoms with E-state index in [1.165, 1.54) is 3.97 Å². The number of pyridine rings is 2. The van der Waals surface area contributed by atoms with E-state index < -0.39 is 0 Å². The van der Waals surface area contributed by atoms with Crippen molar-refractivity contribution in [3.05, 3.63) is 35.7 Å². The Morgan fingerprint density at radius 2 is 2.17 bits per heavy atom. The maximum absolute atomic E-state index is 13.3. The summed E-state index contributed by atoms with van der Waals surface area (Å²) in [4.78, 5) is 8.48. The predicted molar refractivity (Wildman–Crippen MR) is 92.3 cm³/mol.